The summed E-state index contributed by atoms with van der Waals surface area (Å²) >= 11 is 0. The molecule has 1 amide bonds. The number of nitrogens with one attached hydrogen (secondary N) is 3. The van der Waals surface area contributed by atoms with E-state index in [1.807, 2.05) is 51.1 Å². The molecule has 0 unspecified atom stereocenters. The van der Waals surface area contributed by atoms with Crippen LogP contribution in [0.2, 0.25) is 0 Å². The maximum absolute atomic E-state index is 11.6. The molecule has 0 spiro atoms. The zero-order valence-corrected chi connectivity index (χ0v) is 12.4. The average molecular weight is 288 g/mol. The van der Waals surface area contributed by atoms with Gasteiger partial charge < -0.3 is 10.1 Å². The van der Waals surface area contributed by atoms with Gasteiger partial charge in [0.1, 0.15) is 5.60 Å². The number of carbonyl (C=O) groups is 1. The Hall–Kier alpha value is -2.50. The van der Waals surface area contributed by atoms with Crippen molar-refractivity contribution in [2.45, 2.75) is 32.9 Å². The number of aromatic amines is 1. The quantitative estimate of drug-likeness (QED) is 0.806. The molecule has 0 fully saturated rings. The highest BCUT2D eigenvalue weighted by Crippen LogP contribution is 2.15. The number of nitrogens with zero attached hydrogens (tertiary/aromatic N) is 1. The molecule has 1 heterocycles. The number of H-pyrrole nitrogens is 1. The zero-order chi connectivity index (χ0) is 15.3. The van der Waals surface area contributed by atoms with Gasteiger partial charge in [-0.3, -0.25) is 10.4 Å². The van der Waals surface area contributed by atoms with E-state index in [0.717, 1.165) is 11.4 Å². The van der Waals surface area contributed by atoms with E-state index in [9.17, 15) is 4.79 Å². The van der Waals surface area contributed by atoms with E-state index in [-0.39, 0.29) is 0 Å². The van der Waals surface area contributed by atoms with E-state index in [2.05, 4.69) is 20.8 Å². The molecule has 2 aromatic rings. The maximum atomic E-state index is 11.6. The summed E-state index contributed by atoms with van der Waals surface area (Å²) < 4.78 is 5.19. The summed E-state index contributed by atoms with van der Waals surface area (Å²) in [5.41, 5.74) is 2.15. The first-order valence-corrected chi connectivity index (χ1v) is 6.74. The Bertz CT molecular complexity index is 571. The summed E-state index contributed by atoms with van der Waals surface area (Å²) in [4.78, 5) is 11.6. The lowest BCUT2D eigenvalue weighted by molar-refractivity contribution is 0.0636. The summed E-state index contributed by atoms with van der Waals surface area (Å²) in [6.07, 6.45) is 1.26. The van der Waals surface area contributed by atoms with Crippen LogP contribution >= 0.6 is 0 Å². The molecule has 6 nitrogen and oxygen atoms in total. The van der Waals surface area contributed by atoms with Gasteiger partial charge in [-0.05, 0) is 51.1 Å². The maximum Gasteiger partial charge on any atom is 0.412 e. The highest BCUT2D eigenvalue weighted by molar-refractivity contribution is 5.85. The predicted molar refractivity (Wildman–Crippen MR) is 82.2 cm³/mol. The Kier molecular flexibility index (Phi) is 4.47. The molecule has 0 radical (unpaired) electrons. The standard InChI is InChI=1S/C15H20N4O2/c1-15(2,3)21-14(20)18-12-6-4-11(5-7-12)16-10-13-8-9-17-19-13/h4-9,16H,10H2,1-3H3,(H,17,19)(H,18,20). The van der Waals surface area contributed by atoms with Crippen molar-refractivity contribution in [1.82, 2.24) is 10.2 Å². The van der Waals surface area contributed by atoms with Gasteiger partial charge in [0.15, 0.2) is 0 Å². The number of ether oxygens (including phenoxy) is 1. The zero-order valence-electron chi connectivity index (χ0n) is 12.4. The third kappa shape index (κ3) is 5.18. The largest absolute Gasteiger partial charge is 0.444 e. The first-order chi connectivity index (χ1) is 9.92. The van der Waals surface area contributed by atoms with E-state index in [1.165, 1.54) is 0 Å². The molecule has 0 saturated heterocycles. The third-order valence-corrected chi connectivity index (χ3v) is 2.57. The SMILES string of the molecule is CC(C)(C)OC(=O)Nc1ccc(NCc2ccn[nH]2)cc1. The lowest BCUT2D eigenvalue weighted by Crippen LogP contribution is -2.27. The second-order valence-corrected chi connectivity index (χ2v) is 5.64. The van der Waals surface area contributed by atoms with Gasteiger partial charge in [-0.1, -0.05) is 0 Å². The molecule has 0 atom stereocenters. The molecule has 0 bridgehead atoms. The van der Waals surface area contributed by atoms with Crippen LogP contribution in [0.1, 0.15) is 26.5 Å². The molecule has 1 aromatic carbocycles. The van der Waals surface area contributed by atoms with E-state index < -0.39 is 11.7 Å². The number of aromatic nitrogens is 2. The van der Waals surface area contributed by atoms with Crippen molar-refractivity contribution >= 4 is 17.5 Å². The van der Waals surface area contributed by atoms with Gasteiger partial charge >= 0.3 is 6.09 Å². The van der Waals surface area contributed by atoms with Crippen molar-refractivity contribution < 1.29 is 9.53 Å². The molecule has 0 aliphatic rings. The number of amides is 1. The van der Waals surface area contributed by atoms with Crippen molar-refractivity contribution in [3.05, 3.63) is 42.2 Å². The van der Waals surface area contributed by atoms with Crippen LogP contribution in [0.4, 0.5) is 16.2 Å². The molecule has 3 N–H and O–H groups in total. The fraction of sp³-hybridized carbons (Fsp3) is 0.333. The molecule has 0 aliphatic heterocycles. The highest BCUT2D eigenvalue weighted by atomic mass is 16.6. The Balaban J connectivity index is 1.85. The van der Waals surface area contributed by atoms with Crippen LogP contribution in [-0.4, -0.2) is 21.9 Å². The highest BCUT2D eigenvalue weighted by Gasteiger charge is 2.15. The average Bonchev–Trinajstić information content (AvgIpc) is 2.89. The van der Waals surface area contributed by atoms with Crippen molar-refractivity contribution in [3.8, 4) is 0 Å². The van der Waals surface area contributed by atoms with Crippen LogP contribution < -0.4 is 10.6 Å². The van der Waals surface area contributed by atoms with E-state index in [4.69, 9.17) is 4.74 Å². The van der Waals surface area contributed by atoms with Gasteiger partial charge in [0.25, 0.3) is 0 Å². The van der Waals surface area contributed by atoms with Crippen LogP contribution in [0.15, 0.2) is 36.5 Å². The van der Waals surface area contributed by atoms with E-state index in [1.54, 1.807) is 6.20 Å². The molecule has 6 heteroatoms. The molecule has 0 aliphatic carbocycles. The molecular weight excluding hydrogens is 268 g/mol. The van der Waals surface area contributed by atoms with Crippen molar-refractivity contribution in [2.75, 3.05) is 10.6 Å². The number of hydrogen-bond donors (Lipinski definition) is 3. The summed E-state index contributed by atoms with van der Waals surface area (Å²) in [6.45, 7) is 6.15. The summed E-state index contributed by atoms with van der Waals surface area (Å²) in [5.74, 6) is 0. The fourth-order valence-corrected chi connectivity index (χ4v) is 1.67. The first kappa shape index (κ1) is 14.9. The number of anilines is 2. The summed E-state index contributed by atoms with van der Waals surface area (Å²) in [7, 11) is 0. The van der Waals surface area contributed by atoms with E-state index >= 15 is 0 Å². The minimum Gasteiger partial charge on any atom is -0.444 e. The lowest BCUT2D eigenvalue weighted by Gasteiger charge is -2.19. The van der Waals surface area contributed by atoms with E-state index in [0.29, 0.717) is 12.2 Å². The van der Waals surface area contributed by atoms with Crippen LogP contribution in [0, 0.1) is 0 Å². The number of benzene rings is 1. The monoisotopic (exact) mass is 288 g/mol. The van der Waals surface area contributed by atoms with Crippen LogP contribution in [-0.2, 0) is 11.3 Å². The Labute approximate surface area is 123 Å². The van der Waals surface area contributed by atoms with Gasteiger partial charge in [0, 0.05) is 17.6 Å². The molecule has 0 saturated carbocycles. The molecule has 112 valence electrons. The first-order valence-electron chi connectivity index (χ1n) is 6.74. The smallest absolute Gasteiger partial charge is 0.412 e. The van der Waals surface area contributed by atoms with Crippen molar-refractivity contribution in [1.29, 1.82) is 0 Å². The topological polar surface area (TPSA) is 79.0 Å². The lowest BCUT2D eigenvalue weighted by atomic mass is 10.2. The Morgan fingerprint density at radius 3 is 2.43 bits per heavy atom. The Morgan fingerprint density at radius 1 is 1.19 bits per heavy atom. The van der Waals surface area contributed by atoms with Crippen LogP contribution in [0.5, 0.6) is 0 Å². The number of rotatable bonds is 4. The normalized spacial score (nSPS) is 11.0. The second kappa shape index (κ2) is 6.30. The molecule has 2 rings (SSSR count). The van der Waals surface area contributed by atoms with Gasteiger partial charge in [0.2, 0.25) is 0 Å². The molecule has 1 aromatic heterocycles. The summed E-state index contributed by atoms with van der Waals surface area (Å²) in [5, 5.41) is 12.7. The Morgan fingerprint density at radius 2 is 1.86 bits per heavy atom. The predicted octanol–water partition coefficient (Wildman–Crippen LogP) is 3.37. The van der Waals surface area contributed by atoms with Gasteiger partial charge in [-0.2, -0.15) is 5.10 Å². The van der Waals surface area contributed by atoms with Gasteiger partial charge in [0.05, 0.1) is 12.2 Å². The number of carbonyl (C=O) groups excluding carboxylic acids is 1. The second-order valence-electron chi connectivity index (χ2n) is 5.64. The fourth-order valence-electron chi connectivity index (χ4n) is 1.67. The minimum absolute atomic E-state index is 0.458. The van der Waals surface area contributed by atoms with Crippen molar-refractivity contribution in [3.63, 3.8) is 0 Å². The van der Waals surface area contributed by atoms with Crippen molar-refractivity contribution in [2.24, 2.45) is 0 Å². The van der Waals surface area contributed by atoms with Gasteiger partial charge in [-0.25, -0.2) is 4.79 Å². The molecule has 21 heavy (non-hydrogen) atoms. The van der Waals surface area contributed by atoms with Crippen LogP contribution in [0.3, 0.4) is 0 Å². The molecular formula is C15H20N4O2. The minimum atomic E-state index is -0.504. The summed E-state index contributed by atoms with van der Waals surface area (Å²) in [6, 6.07) is 9.33. The van der Waals surface area contributed by atoms with Gasteiger partial charge in [-0.15, -0.1) is 0 Å². The van der Waals surface area contributed by atoms with Crippen LogP contribution in [0.25, 0.3) is 0 Å². The third-order valence-electron chi connectivity index (χ3n) is 2.57. The number of hydrogen-bond acceptors (Lipinski definition) is 4.